The number of nitrogens with zero attached hydrogens (tertiary/aromatic N) is 4. The average molecular weight is 1670 g/mol. The third-order valence-corrected chi connectivity index (χ3v) is 21.4. The highest BCUT2D eigenvalue weighted by atomic mass is 35.5. The number of esters is 4. The number of alkyl carbamates (subject to hydrolysis) is 4. The van der Waals surface area contributed by atoms with Gasteiger partial charge in [-0.15, -0.1) is 0 Å². The third kappa shape index (κ3) is 74.6. The zero-order valence-electron chi connectivity index (χ0n) is 68.0. The number of likely N-dealkylation sites (N-methyl/N-ethyl adjacent to an activating group) is 4. The standard InChI is InChI=1S/C35H68N4O13.C34H70N4O11Si2.4ClH/c1-27(2)20-46-16-17-47-22-29(4)48-21-28(3)37-35(45)52-26-31(41)24-50-33(43)19-39(8,9)15-13-11-10-12-14-38(6,7)18-32(42)49-23-30(40)25-51-34(44)36-5;1-11-12-18-35-33(43)47-27-29(39)25-45-31(41)23-37(2,3)20-15-13-14-16-21-38(4,5)24-32(42)46-26-30(40)28-48-34(44)36-19-17-22-51(9,10)49-50(6,7)8;;;;/h27-31,40-41H,10-26H2,1-9H3;29-30,39-40H,11-28H2,1-10H3;4*1H. The Morgan fingerprint density at radius 2 is 0.701 bits per heavy atom. The van der Waals surface area contributed by atoms with Gasteiger partial charge in [-0.25, -0.2) is 38.4 Å². The fraction of sp³-hybridized carbons (Fsp3) is 0.884. The van der Waals surface area contributed by atoms with Crippen molar-refractivity contribution in [1.82, 2.24) is 21.3 Å². The van der Waals surface area contributed by atoms with E-state index in [0.717, 1.165) is 103 Å². The lowest BCUT2D eigenvalue weighted by atomic mass is 10.1. The summed E-state index contributed by atoms with van der Waals surface area (Å²) in [7, 11) is 13.5. The highest BCUT2D eigenvalue weighted by molar-refractivity contribution is 6.84. The van der Waals surface area contributed by atoms with Gasteiger partial charge in [0.2, 0.25) is 0 Å². The van der Waals surface area contributed by atoms with E-state index in [1.165, 1.54) is 7.05 Å². The van der Waals surface area contributed by atoms with Gasteiger partial charge >= 0.3 is 48.3 Å². The van der Waals surface area contributed by atoms with Crippen LogP contribution in [0, 0.1) is 5.92 Å². The summed E-state index contributed by atoms with van der Waals surface area (Å²) in [5.74, 6) is -1.29. The van der Waals surface area contributed by atoms with Crippen LogP contribution in [0.25, 0.3) is 0 Å². The van der Waals surface area contributed by atoms with E-state index in [2.05, 4.69) is 67.8 Å². The molecular weight excluding hydrogens is 1520 g/mol. The molecule has 38 heteroatoms. The maximum atomic E-state index is 12.4. The summed E-state index contributed by atoms with van der Waals surface area (Å²) in [4.78, 5) is 96.0. The molecule has 0 aromatic heterocycles. The molecule has 0 saturated carbocycles. The Morgan fingerprint density at radius 3 is 1.02 bits per heavy atom. The van der Waals surface area contributed by atoms with Gasteiger partial charge in [-0.05, 0) is 123 Å². The van der Waals surface area contributed by atoms with Crippen molar-refractivity contribution in [3.05, 3.63) is 0 Å². The van der Waals surface area contributed by atoms with Crippen molar-refractivity contribution < 1.29 is 183 Å². The second kappa shape index (κ2) is 63.6. The van der Waals surface area contributed by atoms with Crippen LogP contribution in [-0.2, 0) is 75.4 Å². The molecule has 0 bridgehead atoms. The number of carbonyl (C=O) groups is 8. The van der Waals surface area contributed by atoms with Gasteiger partial charge in [0.25, 0.3) is 0 Å². The second-order valence-corrected chi connectivity index (χ2v) is 40.2. The predicted octanol–water partition coefficient (Wildman–Crippen LogP) is -7.70. The van der Waals surface area contributed by atoms with Crippen LogP contribution in [0.3, 0.4) is 0 Å². The molecule has 638 valence electrons. The van der Waals surface area contributed by atoms with Gasteiger partial charge in [-0.2, -0.15) is 0 Å². The molecule has 0 aliphatic heterocycles. The van der Waals surface area contributed by atoms with Crippen molar-refractivity contribution >= 4 is 64.9 Å². The molecule has 0 aliphatic rings. The molecule has 0 spiro atoms. The van der Waals surface area contributed by atoms with Gasteiger partial charge in [0.05, 0.1) is 121 Å². The number of rotatable bonds is 58. The molecule has 4 amide bonds. The molecule has 107 heavy (non-hydrogen) atoms. The summed E-state index contributed by atoms with van der Waals surface area (Å²) in [6.45, 7) is 25.5. The fourth-order valence-electron chi connectivity index (χ4n) is 9.85. The molecule has 6 unspecified atom stereocenters. The average Bonchev–Trinajstić information content (AvgIpc) is 0.906. The molecule has 0 fully saturated rings. The Labute approximate surface area is 666 Å². The van der Waals surface area contributed by atoms with Gasteiger partial charge in [0, 0.05) is 26.7 Å². The number of amides is 4. The minimum Gasteiger partial charge on any atom is -1.00 e. The SMILES string of the molecule is CCCCNC(=O)OCC(O)COC(=O)C[N+](C)(C)CCCCCC[N+](C)(C)CC(=O)OCC(O)COC(=O)NCCC[Si](C)(C)O[Si](C)(C)C.CNC(=O)OCC(O)COC(=O)C[N+](C)(C)CCCCCC[N+](C)(C)CC(=O)OCC(O)COC(=O)NC(C)COC(C)COCCOCC(C)C.[Cl-].[Cl-].[Cl-].[Cl-]. The Morgan fingerprint density at radius 1 is 0.393 bits per heavy atom. The number of quaternary nitrogens is 4. The molecule has 8 N–H and O–H groups in total. The third-order valence-electron chi connectivity index (χ3n) is 15.1. The Bertz CT molecular complexity index is 2370. The molecule has 0 heterocycles. The summed E-state index contributed by atoms with van der Waals surface area (Å²) in [5, 5.41) is 50.2. The van der Waals surface area contributed by atoms with E-state index >= 15 is 0 Å². The molecule has 0 saturated heterocycles. The summed E-state index contributed by atoms with van der Waals surface area (Å²) in [5.41, 5.74) is 0. The Hall–Kier alpha value is -3.93. The molecule has 6 atom stereocenters. The van der Waals surface area contributed by atoms with Gasteiger partial charge in [0.1, 0.15) is 77.3 Å². The first-order chi connectivity index (χ1) is 47.9. The number of halogens is 4. The van der Waals surface area contributed by atoms with E-state index < -0.39 is 89.3 Å². The van der Waals surface area contributed by atoms with Crippen LogP contribution >= 0.6 is 0 Å². The van der Waals surface area contributed by atoms with Crippen molar-refractivity contribution in [1.29, 1.82) is 0 Å². The smallest absolute Gasteiger partial charge is 0.407 e. The van der Waals surface area contributed by atoms with Crippen molar-refractivity contribution in [3.8, 4) is 0 Å². The van der Waals surface area contributed by atoms with Gasteiger partial charge in [-0.3, -0.25) is 0 Å². The van der Waals surface area contributed by atoms with E-state index in [1.807, 2.05) is 70.2 Å². The topological polar surface area (TPSA) is 376 Å². The van der Waals surface area contributed by atoms with Gasteiger partial charge in [0.15, 0.2) is 42.8 Å². The minimum absolute atomic E-state index is 0. The van der Waals surface area contributed by atoms with E-state index in [-0.39, 0.29) is 147 Å². The monoisotopic (exact) mass is 1660 g/mol. The summed E-state index contributed by atoms with van der Waals surface area (Å²) >= 11 is 0. The normalized spacial score (nSPS) is 13.4. The number of ether oxygens (including phenoxy) is 11. The first-order valence-electron chi connectivity index (χ1n) is 36.6. The minimum atomic E-state index is -1.77. The quantitative estimate of drug-likeness (QED) is 0.00922. The highest BCUT2D eigenvalue weighted by Gasteiger charge is 2.30. The first kappa shape index (κ1) is 114. The number of hydrogen-bond donors (Lipinski definition) is 8. The zero-order valence-corrected chi connectivity index (χ0v) is 73.1. The van der Waals surface area contributed by atoms with Gasteiger partial charge in [-0.1, -0.05) is 27.2 Å². The number of nitrogens with one attached hydrogen (secondary N) is 4. The second-order valence-electron chi connectivity index (χ2n) is 31.1. The van der Waals surface area contributed by atoms with Gasteiger partial charge < -0.3 is 165 Å². The lowest BCUT2D eigenvalue weighted by molar-refractivity contribution is -0.884. The van der Waals surface area contributed by atoms with Crippen molar-refractivity contribution in [3.63, 3.8) is 0 Å². The van der Waals surface area contributed by atoms with Crippen molar-refractivity contribution in [2.24, 2.45) is 5.92 Å². The lowest BCUT2D eigenvalue weighted by Crippen LogP contribution is -3.00. The van der Waals surface area contributed by atoms with Crippen LogP contribution in [0.2, 0.25) is 38.8 Å². The summed E-state index contributed by atoms with van der Waals surface area (Å²) in [6, 6.07) is 0.594. The summed E-state index contributed by atoms with van der Waals surface area (Å²) < 4.78 is 65.2. The number of aliphatic hydroxyl groups excluding tert-OH is 4. The van der Waals surface area contributed by atoms with E-state index in [9.17, 15) is 58.8 Å². The molecule has 0 aliphatic carbocycles. The maximum Gasteiger partial charge on any atom is 0.407 e. The van der Waals surface area contributed by atoms with Crippen LogP contribution in [0.1, 0.15) is 105 Å². The van der Waals surface area contributed by atoms with Crippen molar-refractivity contribution in [2.75, 3.05) is 215 Å². The molecule has 0 radical (unpaired) electrons. The molecule has 0 aromatic carbocycles. The fourth-order valence-corrected chi connectivity index (χ4v) is 17.9. The van der Waals surface area contributed by atoms with Crippen LogP contribution in [0.5, 0.6) is 0 Å². The maximum absolute atomic E-state index is 12.4. The molecular formula is C69H142Cl4N8O24Si2. The summed E-state index contributed by atoms with van der Waals surface area (Å²) in [6.07, 6.45) is 2.75. The number of aliphatic hydroxyl groups is 4. The number of hydrogen-bond acceptors (Lipinski definition) is 24. The van der Waals surface area contributed by atoms with Crippen LogP contribution in [0.15, 0.2) is 0 Å². The van der Waals surface area contributed by atoms with E-state index in [4.69, 9.17) is 56.2 Å². The Balaban J connectivity index is -0.000000460. The Kier molecular flexibility index (Phi) is 67.7. The van der Waals surface area contributed by atoms with Crippen LogP contribution < -0.4 is 70.9 Å². The highest BCUT2D eigenvalue weighted by Crippen LogP contribution is 2.20. The van der Waals surface area contributed by atoms with Crippen LogP contribution in [-0.4, -0.2) is 355 Å². The largest absolute Gasteiger partial charge is 1.00 e. The molecule has 0 aromatic rings. The first-order valence-corrected chi connectivity index (χ1v) is 43.1. The van der Waals surface area contributed by atoms with Crippen LogP contribution in [0.4, 0.5) is 19.2 Å². The zero-order chi connectivity index (χ0) is 78.7. The van der Waals surface area contributed by atoms with Crippen molar-refractivity contribution in [2.45, 2.75) is 181 Å². The number of carbonyl (C=O) groups excluding carboxylic acids is 8. The van der Waals surface area contributed by atoms with E-state index in [1.54, 1.807) is 6.92 Å². The predicted molar refractivity (Wildman–Crippen MR) is 393 cm³/mol. The van der Waals surface area contributed by atoms with E-state index in [0.29, 0.717) is 63.4 Å². The molecule has 32 nitrogen and oxygen atoms in total. The number of unbranched alkanes of at least 4 members (excludes halogenated alkanes) is 7. The molecule has 0 rings (SSSR count). The lowest BCUT2D eigenvalue weighted by Gasteiger charge is -2.31.